The SMILES string of the molecule is COc1ccc(CC(=O)NNC(=O)COc2cc(C)ccc2C(C)C)cc1. The zero-order chi connectivity index (χ0) is 19.8. The molecule has 2 aromatic rings. The molecule has 0 bridgehead atoms. The first kappa shape index (κ1) is 20.3. The van der Waals surface area contributed by atoms with E-state index in [0.29, 0.717) is 5.75 Å². The van der Waals surface area contributed by atoms with Crippen molar-refractivity contribution in [2.24, 2.45) is 0 Å². The molecule has 144 valence electrons. The van der Waals surface area contributed by atoms with E-state index in [2.05, 4.69) is 24.7 Å². The van der Waals surface area contributed by atoms with Crippen LogP contribution in [0.15, 0.2) is 42.5 Å². The number of hydrazine groups is 1. The van der Waals surface area contributed by atoms with Crippen LogP contribution in [0, 0.1) is 6.92 Å². The molecule has 0 aliphatic rings. The monoisotopic (exact) mass is 370 g/mol. The van der Waals surface area contributed by atoms with Gasteiger partial charge in [0.1, 0.15) is 11.5 Å². The Kier molecular flexibility index (Phi) is 7.23. The van der Waals surface area contributed by atoms with E-state index in [1.54, 1.807) is 31.4 Å². The molecule has 0 fully saturated rings. The van der Waals surface area contributed by atoms with Crippen molar-refractivity contribution in [1.82, 2.24) is 10.9 Å². The molecule has 0 aliphatic carbocycles. The molecule has 0 saturated heterocycles. The van der Waals surface area contributed by atoms with Crippen molar-refractivity contribution in [1.29, 1.82) is 0 Å². The van der Waals surface area contributed by atoms with Crippen LogP contribution in [0.5, 0.6) is 11.5 Å². The van der Waals surface area contributed by atoms with E-state index in [1.165, 1.54) is 0 Å². The van der Waals surface area contributed by atoms with Gasteiger partial charge in [-0.2, -0.15) is 0 Å². The fourth-order valence-electron chi connectivity index (χ4n) is 2.54. The average molecular weight is 370 g/mol. The van der Waals surface area contributed by atoms with Gasteiger partial charge in [-0.3, -0.25) is 20.4 Å². The Labute approximate surface area is 159 Å². The van der Waals surface area contributed by atoms with Gasteiger partial charge in [0.2, 0.25) is 5.91 Å². The lowest BCUT2D eigenvalue weighted by molar-refractivity contribution is -0.129. The molecule has 0 aliphatic heterocycles. The molecule has 2 N–H and O–H groups in total. The van der Waals surface area contributed by atoms with Crippen molar-refractivity contribution in [3.8, 4) is 11.5 Å². The summed E-state index contributed by atoms with van der Waals surface area (Å²) in [6.07, 6.45) is 0.153. The third kappa shape index (κ3) is 6.33. The van der Waals surface area contributed by atoms with Crippen molar-refractivity contribution >= 4 is 11.8 Å². The lowest BCUT2D eigenvalue weighted by Crippen LogP contribution is -2.44. The second-order valence-corrected chi connectivity index (χ2v) is 6.61. The molecule has 0 saturated carbocycles. The van der Waals surface area contributed by atoms with Gasteiger partial charge in [-0.15, -0.1) is 0 Å². The number of carbonyl (C=O) groups is 2. The van der Waals surface area contributed by atoms with Crippen molar-refractivity contribution in [2.45, 2.75) is 33.1 Å². The number of rotatable bonds is 7. The Hall–Kier alpha value is -3.02. The van der Waals surface area contributed by atoms with Crippen molar-refractivity contribution in [2.75, 3.05) is 13.7 Å². The fraction of sp³-hybridized carbons (Fsp3) is 0.333. The molecule has 0 unspecified atom stereocenters. The second-order valence-electron chi connectivity index (χ2n) is 6.61. The maximum atomic E-state index is 12.0. The lowest BCUT2D eigenvalue weighted by atomic mass is 10.0. The number of benzene rings is 2. The second kappa shape index (κ2) is 9.62. The molecule has 2 rings (SSSR count). The molecule has 2 aromatic carbocycles. The first-order chi connectivity index (χ1) is 12.9. The van der Waals surface area contributed by atoms with Crippen LogP contribution in [0.2, 0.25) is 0 Å². The normalized spacial score (nSPS) is 10.4. The molecule has 27 heavy (non-hydrogen) atoms. The Morgan fingerprint density at radius 2 is 1.67 bits per heavy atom. The van der Waals surface area contributed by atoms with Crippen LogP contribution in [-0.4, -0.2) is 25.5 Å². The van der Waals surface area contributed by atoms with Crippen LogP contribution >= 0.6 is 0 Å². The molecule has 0 radical (unpaired) electrons. The van der Waals surface area contributed by atoms with Crippen LogP contribution in [0.4, 0.5) is 0 Å². The summed E-state index contributed by atoms with van der Waals surface area (Å²) in [4.78, 5) is 23.9. The average Bonchev–Trinajstić information content (AvgIpc) is 2.65. The molecular formula is C21H26N2O4. The largest absolute Gasteiger partial charge is 0.497 e. The number of amides is 2. The van der Waals surface area contributed by atoms with E-state index in [-0.39, 0.29) is 24.9 Å². The molecule has 0 spiro atoms. The van der Waals surface area contributed by atoms with E-state index >= 15 is 0 Å². The van der Waals surface area contributed by atoms with Crippen LogP contribution in [0.1, 0.15) is 36.5 Å². The predicted octanol–water partition coefficient (Wildman–Crippen LogP) is 2.90. The zero-order valence-electron chi connectivity index (χ0n) is 16.2. The Balaban J connectivity index is 1.80. The highest BCUT2D eigenvalue weighted by molar-refractivity contribution is 5.83. The Bertz CT molecular complexity index is 785. The number of aryl methyl sites for hydroxylation is 1. The molecule has 6 nitrogen and oxygen atoms in total. The smallest absolute Gasteiger partial charge is 0.276 e. The number of methoxy groups -OCH3 is 1. The molecule has 6 heteroatoms. The summed E-state index contributed by atoms with van der Waals surface area (Å²) in [5, 5.41) is 0. The maximum Gasteiger partial charge on any atom is 0.276 e. The molecule has 0 heterocycles. The standard InChI is InChI=1S/C21H26N2O4/c1-14(2)18-10-5-15(3)11-19(18)27-13-21(25)23-22-20(24)12-16-6-8-17(26-4)9-7-16/h5-11,14H,12-13H2,1-4H3,(H,22,24)(H,23,25). The van der Waals surface area contributed by atoms with Crippen LogP contribution in [0.25, 0.3) is 0 Å². The van der Waals surface area contributed by atoms with E-state index in [9.17, 15) is 9.59 Å². The first-order valence-corrected chi connectivity index (χ1v) is 8.83. The number of ether oxygens (including phenoxy) is 2. The number of hydrogen-bond acceptors (Lipinski definition) is 4. The van der Waals surface area contributed by atoms with E-state index in [0.717, 1.165) is 22.4 Å². The van der Waals surface area contributed by atoms with Gasteiger partial charge in [0, 0.05) is 0 Å². The number of nitrogens with one attached hydrogen (secondary N) is 2. The van der Waals surface area contributed by atoms with Gasteiger partial charge in [0.15, 0.2) is 6.61 Å². The summed E-state index contributed by atoms with van der Waals surface area (Å²) >= 11 is 0. The van der Waals surface area contributed by atoms with Gasteiger partial charge in [0.25, 0.3) is 5.91 Å². The zero-order valence-corrected chi connectivity index (χ0v) is 16.2. The van der Waals surface area contributed by atoms with Gasteiger partial charge in [-0.25, -0.2) is 0 Å². The quantitative estimate of drug-likeness (QED) is 0.735. The highest BCUT2D eigenvalue weighted by atomic mass is 16.5. The molecular weight excluding hydrogens is 344 g/mol. The predicted molar refractivity (Wildman–Crippen MR) is 104 cm³/mol. The molecule has 2 amide bonds. The summed E-state index contributed by atoms with van der Waals surface area (Å²) in [5.74, 6) is 0.959. The third-order valence-corrected chi connectivity index (χ3v) is 4.01. The van der Waals surface area contributed by atoms with Crippen LogP contribution < -0.4 is 20.3 Å². The minimum Gasteiger partial charge on any atom is -0.497 e. The summed E-state index contributed by atoms with van der Waals surface area (Å²) in [5.41, 5.74) is 7.68. The van der Waals surface area contributed by atoms with Crippen molar-refractivity contribution in [3.05, 3.63) is 59.2 Å². The summed E-state index contributed by atoms with van der Waals surface area (Å²) in [6.45, 7) is 5.93. The topological polar surface area (TPSA) is 76.7 Å². The third-order valence-electron chi connectivity index (χ3n) is 4.01. The number of carbonyl (C=O) groups excluding carboxylic acids is 2. The van der Waals surface area contributed by atoms with Crippen LogP contribution in [-0.2, 0) is 16.0 Å². The fourth-order valence-corrected chi connectivity index (χ4v) is 2.54. The maximum absolute atomic E-state index is 12.0. The van der Waals surface area contributed by atoms with Crippen molar-refractivity contribution in [3.63, 3.8) is 0 Å². The molecule has 0 aromatic heterocycles. The lowest BCUT2D eigenvalue weighted by Gasteiger charge is -2.15. The first-order valence-electron chi connectivity index (χ1n) is 8.83. The van der Waals surface area contributed by atoms with Gasteiger partial charge in [0.05, 0.1) is 13.5 Å². The summed E-state index contributed by atoms with van der Waals surface area (Å²) in [7, 11) is 1.58. The van der Waals surface area contributed by atoms with Crippen LogP contribution in [0.3, 0.4) is 0 Å². The van der Waals surface area contributed by atoms with Gasteiger partial charge >= 0.3 is 0 Å². The van der Waals surface area contributed by atoms with Crippen molar-refractivity contribution < 1.29 is 19.1 Å². The number of hydrogen-bond donors (Lipinski definition) is 2. The minimum absolute atomic E-state index is 0.153. The summed E-state index contributed by atoms with van der Waals surface area (Å²) in [6, 6.07) is 13.1. The van der Waals surface area contributed by atoms with E-state index in [1.807, 2.05) is 25.1 Å². The van der Waals surface area contributed by atoms with Gasteiger partial charge in [-0.1, -0.05) is 38.1 Å². The van der Waals surface area contributed by atoms with E-state index in [4.69, 9.17) is 9.47 Å². The summed E-state index contributed by atoms with van der Waals surface area (Å²) < 4.78 is 10.7. The highest BCUT2D eigenvalue weighted by Crippen LogP contribution is 2.27. The van der Waals surface area contributed by atoms with Gasteiger partial charge in [-0.05, 0) is 47.7 Å². The molecule has 0 atom stereocenters. The van der Waals surface area contributed by atoms with Gasteiger partial charge < -0.3 is 9.47 Å². The van der Waals surface area contributed by atoms with E-state index < -0.39 is 5.91 Å². The minimum atomic E-state index is -0.422. The highest BCUT2D eigenvalue weighted by Gasteiger charge is 2.11. The Morgan fingerprint density at radius 3 is 2.30 bits per heavy atom. The Morgan fingerprint density at radius 1 is 1.00 bits per heavy atom.